The van der Waals surface area contributed by atoms with Crippen LogP contribution in [0.25, 0.3) is 0 Å². The Morgan fingerprint density at radius 1 is 1.42 bits per heavy atom. The number of allylic oxidation sites excluding steroid dienone is 2. The highest BCUT2D eigenvalue weighted by Gasteiger charge is 2.35. The summed E-state index contributed by atoms with van der Waals surface area (Å²) in [6.45, 7) is 0. The van der Waals surface area contributed by atoms with E-state index in [9.17, 15) is 0 Å². The van der Waals surface area contributed by atoms with Crippen LogP contribution in [-0.4, -0.2) is 11.7 Å². The largest absolute Gasteiger partial charge is 0.321 e. The quantitative estimate of drug-likeness (QED) is 0.459. The summed E-state index contributed by atoms with van der Waals surface area (Å²) in [5.41, 5.74) is 16.0. The molecule has 0 bridgehead atoms. The zero-order valence-electron chi connectivity index (χ0n) is 6.02. The van der Waals surface area contributed by atoms with Crippen molar-refractivity contribution in [2.24, 2.45) is 17.2 Å². The molecule has 0 radical (unpaired) electrons. The summed E-state index contributed by atoms with van der Waals surface area (Å²) in [5.74, 6) is 0. The highest BCUT2D eigenvalue weighted by Crippen LogP contribution is 2.36. The first-order chi connectivity index (χ1) is 5.37. The van der Waals surface area contributed by atoms with Crippen molar-refractivity contribution in [2.45, 2.75) is 11.7 Å². The summed E-state index contributed by atoms with van der Waals surface area (Å²) in [5, 5.41) is 0.782. The van der Waals surface area contributed by atoms with Crippen molar-refractivity contribution < 1.29 is 0 Å². The lowest BCUT2D eigenvalue weighted by Crippen LogP contribution is -2.63. The second-order valence-electron chi connectivity index (χ2n) is 2.60. The molecule has 6 N–H and O–H groups in total. The molecule has 1 aliphatic rings. The fourth-order valence-corrected chi connectivity index (χ4v) is 2.08. The maximum atomic E-state index is 5.82. The fourth-order valence-electron chi connectivity index (χ4n) is 0.810. The lowest BCUT2D eigenvalue weighted by atomic mass is 9.98. The summed E-state index contributed by atoms with van der Waals surface area (Å²) >= 11 is 13.5. The molecule has 3 nitrogen and oxygen atoms in total. The summed E-state index contributed by atoms with van der Waals surface area (Å²) < 4.78 is 0.585. The van der Waals surface area contributed by atoms with E-state index < -0.39 is 11.7 Å². The average molecular weight is 320 g/mol. The molecule has 0 saturated carbocycles. The topological polar surface area (TPSA) is 78.1 Å². The van der Waals surface area contributed by atoms with Gasteiger partial charge < -0.3 is 17.2 Å². The van der Waals surface area contributed by atoms with Crippen LogP contribution in [0.2, 0.25) is 0 Å². The highest BCUT2D eigenvalue weighted by atomic mass is 127. The lowest BCUT2D eigenvalue weighted by Gasteiger charge is -2.33. The van der Waals surface area contributed by atoms with E-state index in [0.717, 1.165) is 0 Å². The average Bonchev–Trinajstić information content (AvgIpc) is 1.99. The molecular formula is C6H8Cl2IN3. The van der Waals surface area contributed by atoms with Gasteiger partial charge in [0.15, 0.2) is 0 Å². The first kappa shape index (κ1) is 10.7. The molecule has 0 fully saturated rings. The van der Waals surface area contributed by atoms with Gasteiger partial charge in [-0.15, -0.1) is 0 Å². The highest BCUT2D eigenvalue weighted by molar-refractivity contribution is 14.1. The van der Waals surface area contributed by atoms with E-state index in [2.05, 4.69) is 0 Å². The molecular weight excluding hydrogens is 312 g/mol. The predicted molar refractivity (Wildman–Crippen MR) is 59.9 cm³/mol. The van der Waals surface area contributed by atoms with Gasteiger partial charge in [0.25, 0.3) is 0 Å². The van der Waals surface area contributed by atoms with Gasteiger partial charge in [-0.2, -0.15) is 0 Å². The third-order valence-corrected chi connectivity index (χ3v) is 4.26. The summed E-state index contributed by atoms with van der Waals surface area (Å²) in [4.78, 5) is 0. The maximum Gasteiger partial charge on any atom is 0.116 e. The van der Waals surface area contributed by atoms with E-state index in [4.69, 9.17) is 40.4 Å². The number of hydrogen-bond acceptors (Lipinski definition) is 3. The Morgan fingerprint density at radius 3 is 2.42 bits per heavy atom. The van der Waals surface area contributed by atoms with Crippen LogP contribution >= 0.6 is 45.8 Å². The van der Waals surface area contributed by atoms with E-state index in [1.165, 1.54) is 0 Å². The monoisotopic (exact) mass is 319 g/mol. The maximum absolute atomic E-state index is 5.82. The minimum absolute atomic E-state index is 0.379. The van der Waals surface area contributed by atoms with Crippen LogP contribution in [0.4, 0.5) is 0 Å². The minimum atomic E-state index is -1.10. The second kappa shape index (κ2) is 3.43. The van der Waals surface area contributed by atoms with E-state index >= 15 is 0 Å². The molecule has 0 heterocycles. The summed E-state index contributed by atoms with van der Waals surface area (Å²) in [6.07, 6.45) is 1.55. The van der Waals surface area contributed by atoms with Crippen LogP contribution in [0.3, 0.4) is 0 Å². The second-order valence-corrected chi connectivity index (χ2v) is 4.47. The Bertz CT molecular complexity index is 272. The molecule has 0 aromatic rings. The molecule has 0 aromatic carbocycles. The van der Waals surface area contributed by atoms with Crippen molar-refractivity contribution >= 4 is 45.8 Å². The van der Waals surface area contributed by atoms with Crippen molar-refractivity contribution in [3.63, 3.8) is 0 Å². The van der Waals surface area contributed by atoms with Crippen LogP contribution in [0.1, 0.15) is 0 Å². The van der Waals surface area contributed by atoms with Gasteiger partial charge >= 0.3 is 0 Å². The number of halogens is 3. The predicted octanol–water partition coefficient (Wildman–Crippen LogP) is 0.949. The molecule has 68 valence electrons. The molecule has 1 aliphatic carbocycles. The van der Waals surface area contributed by atoms with E-state index in [1.807, 2.05) is 22.6 Å². The van der Waals surface area contributed by atoms with E-state index in [0.29, 0.717) is 13.6 Å². The van der Waals surface area contributed by atoms with Crippen LogP contribution < -0.4 is 17.2 Å². The molecule has 0 amide bonds. The molecule has 1 atom stereocenters. The summed E-state index contributed by atoms with van der Waals surface area (Å²) in [7, 11) is 0. The van der Waals surface area contributed by atoms with Gasteiger partial charge in [0.05, 0.1) is 16.1 Å². The standard InChI is InChI=1S/C6H8Cl2IN3/c7-2-1-3(10)6(11,12)5(9)4(2)8/h1,3H,10-12H2. The zero-order valence-corrected chi connectivity index (χ0v) is 9.69. The van der Waals surface area contributed by atoms with Gasteiger partial charge in [0.1, 0.15) is 5.66 Å². The normalized spacial score (nSPS) is 28.8. The smallest absolute Gasteiger partial charge is 0.116 e. The van der Waals surface area contributed by atoms with Crippen LogP contribution in [-0.2, 0) is 0 Å². The van der Waals surface area contributed by atoms with Crippen molar-refractivity contribution in [1.82, 2.24) is 0 Å². The van der Waals surface area contributed by atoms with Crippen molar-refractivity contribution in [3.05, 3.63) is 19.7 Å². The SMILES string of the molecule is NC1C=C(Cl)C(Cl)=C(I)C1(N)N. The van der Waals surface area contributed by atoms with Crippen LogP contribution in [0, 0.1) is 0 Å². The molecule has 12 heavy (non-hydrogen) atoms. The Hall–Kier alpha value is 0.670. The molecule has 6 heteroatoms. The molecule has 0 spiro atoms. The van der Waals surface area contributed by atoms with Crippen LogP contribution in [0.5, 0.6) is 0 Å². The van der Waals surface area contributed by atoms with Crippen molar-refractivity contribution in [2.75, 3.05) is 0 Å². The first-order valence-electron chi connectivity index (χ1n) is 3.14. The zero-order chi connectivity index (χ0) is 9.52. The van der Waals surface area contributed by atoms with Gasteiger partial charge in [-0.05, 0) is 28.7 Å². The van der Waals surface area contributed by atoms with Crippen molar-refractivity contribution in [3.8, 4) is 0 Å². The molecule has 0 aromatic heterocycles. The minimum Gasteiger partial charge on any atom is -0.321 e. The van der Waals surface area contributed by atoms with E-state index in [1.54, 1.807) is 6.08 Å². The lowest BCUT2D eigenvalue weighted by molar-refractivity contribution is 0.483. The third-order valence-electron chi connectivity index (χ3n) is 1.66. The number of nitrogens with two attached hydrogens (primary N) is 3. The van der Waals surface area contributed by atoms with Crippen LogP contribution in [0.15, 0.2) is 19.7 Å². The Labute approximate surface area is 94.1 Å². The third kappa shape index (κ3) is 1.64. The van der Waals surface area contributed by atoms with Gasteiger partial charge in [-0.1, -0.05) is 23.2 Å². The van der Waals surface area contributed by atoms with Crippen molar-refractivity contribution in [1.29, 1.82) is 0 Å². The van der Waals surface area contributed by atoms with Gasteiger partial charge in [0.2, 0.25) is 0 Å². The van der Waals surface area contributed by atoms with Gasteiger partial charge in [-0.25, -0.2) is 0 Å². The summed E-state index contributed by atoms with van der Waals surface area (Å²) in [6, 6.07) is -0.501. The fraction of sp³-hybridized carbons (Fsp3) is 0.333. The Morgan fingerprint density at radius 2 is 1.92 bits per heavy atom. The molecule has 1 unspecified atom stereocenters. The molecule has 1 rings (SSSR count). The Kier molecular flexibility index (Phi) is 3.08. The molecule has 0 saturated heterocycles. The van der Waals surface area contributed by atoms with Gasteiger partial charge in [-0.3, -0.25) is 0 Å². The van der Waals surface area contributed by atoms with Gasteiger partial charge in [0, 0.05) is 3.58 Å². The molecule has 0 aliphatic heterocycles. The Balaban J connectivity index is 3.18. The number of rotatable bonds is 0. The number of hydrogen-bond donors (Lipinski definition) is 3. The first-order valence-corrected chi connectivity index (χ1v) is 4.97. The van der Waals surface area contributed by atoms with E-state index in [-0.39, 0.29) is 0 Å².